The molecule has 1 heterocycles. The molecule has 0 spiro atoms. The Bertz CT molecular complexity index is 248. The van der Waals surface area contributed by atoms with E-state index >= 15 is 0 Å². The summed E-state index contributed by atoms with van der Waals surface area (Å²) >= 11 is 1.68. The molecule has 1 aromatic heterocycles. The van der Waals surface area contributed by atoms with Crippen LogP contribution in [0.25, 0.3) is 0 Å². The van der Waals surface area contributed by atoms with Gasteiger partial charge in [-0.05, 0) is 18.6 Å². The predicted molar refractivity (Wildman–Crippen MR) is 51.4 cm³/mol. The molecule has 0 amide bonds. The highest BCUT2D eigenvalue weighted by molar-refractivity contribution is 7.11. The third kappa shape index (κ3) is 3.83. The Hall–Kier alpha value is -0.480. The zero-order valence-corrected chi connectivity index (χ0v) is 8.33. The summed E-state index contributed by atoms with van der Waals surface area (Å²) in [5.74, 6) is 0. The lowest BCUT2D eigenvalue weighted by atomic mass is 10.3. The fourth-order valence-corrected chi connectivity index (χ4v) is 1.94. The van der Waals surface area contributed by atoms with E-state index in [1.54, 1.807) is 11.3 Å². The van der Waals surface area contributed by atoms with Crippen LogP contribution < -0.4 is 5.32 Å². The average Bonchev–Trinajstić information content (AvgIpc) is 2.52. The van der Waals surface area contributed by atoms with E-state index in [9.17, 15) is 8.78 Å². The van der Waals surface area contributed by atoms with E-state index in [0.717, 1.165) is 11.3 Å². The predicted octanol–water partition coefficient (Wildman–Crippen LogP) is 2.67. The van der Waals surface area contributed by atoms with Crippen LogP contribution in [0.1, 0.15) is 16.7 Å². The first-order valence-electron chi connectivity index (χ1n) is 4.28. The number of rotatable bonds is 5. The molecular weight excluding hydrogens is 192 g/mol. The van der Waals surface area contributed by atoms with E-state index in [0.29, 0.717) is 6.54 Å². The van der Waals surface area contributed by atoms with Gasteiger partial charge in [-0.2, -0.15) is 0 Å². The van der Waals surface area contributed by atoms with E-state index < -0.39 is 6.43 Å². The number of thiophene rings is 1. The topological polar surface area (TPSA) is 12.0 Å². The molecule has 0 fully saturated rings. The van der Waals surface area contributed by atoms with Crippen molar-refractivity contribution >= 4 is 11.3 Å². The number of aryl methyl sites for hydroxylation is 1. The van der Waals surface area contributed by atoms with Gasteiger partial charge in [-0.25, -0.2) is 8.78 Å². The van der Waals surface area contributed by atoms with Crippen molar-refractivity contribution in [2.45, 2.75) is 26.3 Å². The molecule has 0 aliphatic carbocycles. The molecule has 74 valence electrons. The number of halogens is 2. The first kappa shape index (κ1) is 10.6. The van der Waals surface area contributed by atoms with E-state index in [-0.39, 0.29) is 6.54 Å². The average molecular weight is 205 g/mol. The second-order valence-corrected chi connectivity index (χ2v) is 4.00. The maximum absolute atomic E-state index is 11.7. The third-order valence-corrected chi connectivity index (χ3v) is 2.89. The molecular formula is C9H13F2NS. The van der Waals surface area contributed by atoms with Crippen LogP contribution in [-0.4, -0.2) is 13.0 Å². The monoisotopic (exact) mass is 205 g/mol. The van der Waals surface area contributed by atoms with Gasteiger partial charge in [0.1, 0.15) is 0 Å². The minimum atomic E-state index is -2.26. The zero-order valence-electron chi connectivity index (χ0n) is 7.52. The maximum atomic E-state index is 11.7. The molecule has 1 nitrogen and oxygen atoms in total. The van der Waals surface area contributed by atoms with Crippen LogP contribution in [0.15, 0.2) is 12.1 Å². The lowest BCUT2D eigenvalue weighted by molar-refractivity contribution is 0.145. The molecule has 1 N–H and O–H groups in total. The highest BCUT2D eigenvalue weighted by Crippen LogP contribution is 2.16. The molecule has 1 rings (SSSR count). The van der Waals surface area contributed by atoms with Crippen LogP contribution in [-0.2, 0) is 13.0 Å². The van der Waals surface area contributed by atoms with Crippen LogP contribution in [0.5, 0.6) is 0 Å². The summed E-state index contributed by atoms with van der Waals surface area (Å²) in [5, 5.41) is 2.70. The minimum Gasteiger partial charge on any atom is -0.306 e. The van der Waals surface area contributed by atoms with Crippen molar-refractivity contribution in [2.24, 2.45) is 0 Å². The first-order chi connectivity index (χ1) is 6.22. The van der Waals surface area contributed by atoms with Crippen LogP contribution >= 0.6 is 11.3 Å². The Kier molecular flexibility index (Phi) is 4.32. The lowest BCUT2D eigenvalue weighted by Gasteiger charge is -2.00. The van der Waals surface area contributed by atoms with Crippen molar-refractivity contribution in [3.05, 3.63) is 21.9 Å². The Labute approximate surface area is 80.8 Å². The van der Waals surface area contributed by atoms with E-state index in [1.165, 1.54) is 4.88 Å². The van der Waals surface area contributed by atoms with Gasteiger partial charge in [0.15, 0.2) is 0 Å². The molecule has 1 aromatic rings. The van der Waals surface area contributed by atoms with Gasteiger partial charge in [0.05, 0.1) is 6.54 Å². The molecule has 0 saturated carbocycles. The summed E-state index contributed by atoms with van der Waals surface area (Å²) in [6, 6.07) is 4.03. The van der Waals surface area contributed by atoms with Gasteiger partial charge < -0.3 is 5.32 Å². The molecule has 0 aliphatic rings. The molecule has 0 radical (unpaired) electrons. The van der Waals surface area contributed by atoms with Crippen molar-refractivity contribution in [1.29, 1.82) is 0 Å². The summed E-state index contributed by atoms with van der Waals surface area (Å²) < 4.78 is 23.5. The lowest BCUT2D eigenvalue weighted by Crippen LogP contribution is -2.19. The van der Waals surface area contributed by atoms with Crippen LogP contribution in [0, 0.1) is 0 Å². The Morgan fingerprint density at radius 1 is 1.38 bits per heavy atom. The van der Waals surface area contributed by atoms with Gasteiger partial charge in [0.25, 0.3) is 6.43 Å². The standard InChI is InChI=1S/C9H13F2NS/c1-2-7-3-4-8(13-7)5-12-6-9(10)11/h3-4,9,12H,2,5-6H2,1H3. The maximum Gasteiger partial charge on any atom is 0.250 e. The van der Waals surface area contributed by atoms with Crippen molar-refractivity contribution in [3.63, 3.8) is 0 Å². The van der Waals surface area contributed by atoms with E-state index in [2.05, 4.69) is 12.2 Å². The SMILES string of the molecule is CCc1ccc(CNCC(F)F)s1. The van der Waals surface area contributed by atoms with Crippen molar-refractivity contribution in [1.82, 2.24) is 5.32 Å². The summed E-state index contributed by atoms with van der Waals surface area (Å²) in [6.45, 7) is 2.41. The summed E-state index contributed by atoms with van der Waals surface area (Å²) in [7, 11) is 0. The molecule has 4 heteroatoms. The smallest absolute Gasteiger partial charge is 0.250 e. The molecule has 0 unspecified atom stereocenters. The third-order valence-electron chi connectivity index (χ3n) is 1.66. The second-order valence-electron chi connectivity index (χ2n) is 2.74. The van der Waals surface area contributed by atoms with Crippen molar-refractivity contribution in [2.75, 3.05) is 6.54 Å². The summed E-state index contributed by atoms with van der Waals surface area (Å²) in [4.78, 5) is 2.42. The number of hydrogen-bond acceptors (Lipinski definition) is 2. The van der Waals surface area contributed by atoms with Crippen LogP contribution in [0.2, 0.25) is 0 Å². The van der Waals surface area contributed by atoms with Gasteiger partial charge in [-0.1, -0.05) is 6.92 Å². The fraction of sp³-hybridized carbons (Fsp3) is 0.556. The van der Waals surface area contributed by atoms with E-state index in [4.69, 9.17) is 0 Å². The summed E-state index contributed by atoms with van der Waals surface area (Å²) in [5.41, 5.74) is 0. The molecule has 0 saturated heterocycles. The number of alkyl halides is 2. The largest absolute Gasteiger partial charge is 0.306 e. The quantitative estimate of drug-likeness (QED) is 0.779. The van der Waals surface area contributed by atoms with Crippen molar-refractivity contribution in [3.8, 4) is 0 Å². The molecule has 13 heavy (non-hydrogen) atoms. The Morgan fingerprint density at radius 2 is 2.08 bits per heavy atom. The highest BCUT2D eigenvalue weighted by Gasteiger charge is 2.02. The molecule has 0 atom stereocenters. The Morgan fingerprint density at radius 3 is 2.62 bits per heavy atom. The minimum absolute atomic E-state index is 0.223. The first-order valence-corrected chi connectivity index (χ1v) is 5.10. The molecule has 0 aromatic carbocycles. The highest BCUT2D eigenvalue weighted by atomic mass is 32.1. The van der Waals surface area contributed by atoms with Crippen LogP contribution in [0.3, 0.4) is 0 Å². The van der Waals surface area contributed by atoms with E-state index in [1.807, 2.05) is 12.1 Å². The molecule has 0 bridgehead atoms. The molecule has 0 aliphatic heterocycles. The summed E-state index contributed by atoms with van der Waals surface area (Å²) in [6.07, 6.45) is -1.25. The normalized spacial score (nSPS) is 11.1. The zero-order chi connectivity index (χ0) is 9.68. The van der Waals surface area contributed by atoms with Gasteiger partial charge in [0, 0.05) is 16.3 Å². The van der Waals surface area contributed by atoms with Crippen LogP contribution in [0.4, 0.5) is 8.78 Å². The van der Waals surface area contributed by atoms with Crippen molar-refractivity contribution < 1.29 is 8.78 Å². The van der Waals surface area contributed by atoms with Gasteiger partial charge in [-0.15, -0.1) is 11.3 Å². The van der Waals surface area contributed by atoms with Gasteiger partial charge in [0.2, 0.25) is 0 Å². The number of nitrogens with one attached hydrogen (secondary N) is 1. The Balaban J connectivity index is 2.28. The van der Waals surface area contributed by atoms with Gasteiger partial charge in [-0.3, -0.25) is 0 Å². The second kappa shape index (κ2) is 5.29. The van der Waals surface area contributed by atoms with Gasteiger partial charge >= 0.3 is 0 Å². The fourth-order valence-electron chi connectivity index (χ4n) is 1.01. The number of hydrogen-bond donors (Lipinski definition) is 1.